The van der Waals surface area contributed by atoms with Crippen LogP contribution < -0.4 is 4.74 Å². The van der Waals surface area contributed by atoms with Crippen molar-refractivity contribution in [3.8, 4) is 5.75 Å². The Morgan fingerprint density at radius 2 is 2.14 bits per heavy atom. The lowest BCUT2D eigenvalue weighted by Gasteiger charge is -2.29. The molecule has 5 heteroatoms. The standard InChI is InChI=1S/C17H17NO4/c1-8-4-9(5-14(19)20)18-12-6-11-13(7-10(8)12)22-17(2,3)16-15(11)21-16/h4,6-7,15-16H,5H2,1-3H3,(H,19,20)/t15-,16-/m1/s1. The Morgan fingerprint density at radius 3 is 2.86 bits per heavy atom. The topological polar surface area (TPSA) is 72.0 Å². The number of aromatic nitrogens is 1. The Labute approximate surface area is 127 Å². The Balaban J connectivity index is 1.87. The Kier molecular flexibility index (Phi) is 2.58. The number of nitrogens with zero attached hydrogens (tertiary/aromatic N) is 1. The largest absolute Gasteiger partial charge is 0.485 e. The molecule has 5 nitrogen and oxygen atoms in total. The van der Waals surface area contributed by atoms with Crippen molar-refractivity contribution in [3.05, 3.63) is 35.0 Å². The zero-order chi connectivity index (χ0) is 15.6. The number of aryl methyl sites for hydroxylation is 1. The van der Waals surface area contributed by atoms with E-state index in [1.807, 2.05) is 39.0 Å². The summed E-state index contributed by atoms with van der Waals surface area (Å²) < 4.78 is 11.8. The van der Waals surface area contributed by atoms with E-state index in [0.29, 0.717) is 5.69 Å². The van der Waals surface area contributed by atoms with Gasteiger partial charge in [0.1, 0.15) is 23.6 Å². The van der Waals surface area contributed by atoms with E-state index >= 15 is 0 Å². The Bertz CT molecular complexity index is 812. The zero-order valence-electron chi connectivity index (χ0n) is 12.7. The molecule has 1 saturated heterocycles. The van der Waals surface area contributed by atoms with E-state index in [2.05, 4.69) is 4.98 Å². The summed E-state index contributed by atoms with van der Waals surface area (Å²) in [5, 5.41) is 9.94. The van der Waals surface area contributed by atoms with Crippen molar-refractivity contribution in [2.24, 2.45) is 0 Å². The van der Waals surface area contributed by atoms with Crippen LogP contribution in [0.15, 0.2) is 18.2 Å². The summed E-state index contributed by atoms with van der Waals surface area (Å²) in [6.07, 6.45) is 0.0779. The number of fused-ring (bicyclic) bond motifs is 4. The van der Waals surface area contributed by atoms with Gasteiger partial charge in [-0.3, -0.25) is 9.78 Å². The summed E-state index contributed by atoms with van der Waals surface area (Å²) in [7, 11) is 0. The fourth-order valence-corrected chi connectivity index (χ4v) is 3.28. The average Bonchev–Trinajstić information content (AvgIpc) is 3.18. The number of rotatable bonds is 2. The lowest BCUT2D eigenvalue weighted by atomic mass is 9.93. The van der Waals surface area contributed by atoms with Crippen LogP contribution >= 0.6 is 0 Å². The number of hydrogen-bond donors (Lipinski definition) is 1. The predicted octanol–water partition coefficient (Wildman–Crippen LogP) is 2.78. The number of carboxylic acids is 1. The van der Waals surface area contributed by atoms with Crippen LogP contribution in [0.3, 0.4) is 0 Å². The summed E-state index contributed by atoms with van der Waals surface area (Å²) in [5.41, 5.74) is 3.06. The van der Waals surface area contributed by atoms with Gasteiger partial charge in [-0.1, -0.05) is 0 Å². The van der Waals surface area contributed by atoms with Crippen molar-refractivity contribution in [3.63, 3.8) is 0 Å². The van der Waals surface area contributed by atoms with Crippen LogP contribution in [0.2, 0.25) is 0 Å². The molecule has 2 aromatic rings. The molecule has 0 saturated carbocycles. The van der Waals surface area contributed by atoms with Crippen molar-refractivity contribution < 1.29 is 19.4 Å². The maximum Gasteiger partial charge on any atom is 0.309 e. The van der Waals surface area contributed by atoms with Crippen LogP contribution in [0, 0.1) is 6.92 Å². The minimum absolute atomic E-state index is 0.0633. The van der Waals surface area contributed by atoms with Crippen LogP contribution in [-0.2, 0) is 16.0 Å². The van der Waals surface area contributed by atoms with E-state index in [4.69, 9.17) is 14.6 Å². The average molecular weight is 299 g/mol. The summed E-state index contributed by atoms with van der Waals surface area (Å²) in [6, 6.07) is 5.80. The smallest absolute Gasteiger partial charge is 0.309 e. The number of ether oxygens (including phenoxy) is 2. The molecule has 0 spiro atoms. The van der Waals surface area contributed by atoms with Gasteiger partial charge in [0.2, 0.25) is 0 Å². The number of carbonyl (C=O) groups is 1. The SMILES string of the molecule is Cc1cc(CC(=O)O)nc2cc3c(cc12)OC(C)(C)[C@@H]1O[C@H]31. The Morgan fingerprint density at radius 1 is 1.36 bits per heavy atom. The number of hydrogen-bond acceptors (Lipinski definition) is 4. The highest BCUT2D eigenvalue weighted by Crippen LogP contribution is 2.54. The normalized spacial score (nSPS) is 24.3. The van der Waals surface area contributed by atoms with Crippen molar-refractivity contribution in [2.45, 2.75) is 45.0 Å². The third-order valence-electron chi connectivity index (χ3n) is 4.39. The van der Waals surface area contributed by atoms with Gasteiger partial charge in [0.15, 0.2) is 0 Å². The minimum Gasteiger partial charge on any atom is -0.485 e. The van der Waals surface area contributed by atoms with Gasteiger partial charge in [0, 0.05) is 10.9 Å². The van der Waals surface area contributed by atoms with Gasteiger partial charge < -0.3 is 14.6 Å². The highest BCUT2D eigenvalue weighted by atomic mass is 16.6. The van der Waals surface area contributed by atoms with E-state index in [-0.39, 0.29) is 24.2 Å². The second-order valence-corrected chi connectivity index (χ2v) is 6.59. The molecule has 0 radical (unpaired) electrons. The number of aliphatic carboxylic acids is 1. The maximum atomic E-state index is 10.9. The first-order valence-electron chi connectivity index (χ1n) is 7.35. The maximum absolute atomic E-state index is 10.9. The van der Waals surface area contributed by atoms with Gasteiger partial charge in [-0.2, -0.15) is 0 Å². The highest BCUT2D eigenvalue weighted by molar-refractivity contribution is 5.86. The first-order valence-corrected chi connectivity index (χ1v) is 7.35. The fraction of sp³-hybridized carbons (Fsp3) is 0.412. The first kappa shape index (κ1) is 13.5. The molecule has 1 aromatic heterocycles. The molecule has 1 aromatic carbocycles. The number of epoxide rings is 1. The molecule has 0 aliphatic carbocycles. The van der Waals surface area contributed by atoms with E-state index in [0.717, 1.165) is 27.8 Å². The zero-order valence-corrected chi connectivity index (χ0v) is 12.7. The third kappa shape index (κ3) is 1.96. The molecule has 0 amide bonds. The molecule has 2 aliphatic rings. The number of carboxylic acid groups (broad SMARTS) is 1. The molecule has 2 atom stereocenters. The van der Waals surface area contributed by atoms with Crippen LogP contribution in [0.1, 0.15) is 36.8 Å². The lowest BCUT2D eigenvalue weighted by Crippen LogP contribution is -2.37. The van der Waals surface area contributed by atoms with Gasteiger partial charge in [0.25, 0.3) is 0 Å². The van der Waals surface area contributed by atoms with E-state index in [9.17, 15) is 4.79 Å². The van der Waals surface area contributed by atoms with Crippen molar-refractivity contribution in [1.29, 1.82) is 0 Å². The summed E-state index contributed by atoms with van der Waals surface area (Å²) in [4.78, 5) is 15.4. The highest BCUT2D eigenvalue weighted by Gasteiger charge is 2.56. The number of benzene rings is 1. The lowest BCUT2D eigenvalue weighted by molar-refractivity contribution is -0.136. The Hall–Kier alpha value is -2.14. The molecule has 22 heavy (non-hydrogen) atoms. The van der Waals surface area contributed by atoms with Crippen molar-refractivity contribution in [2.75, 3.05) is 0 Å². The third-order valence-corrected chi connectivity index (χ3v) is 4.39. The molecule has 0 bridgehead atoms. The van der Waals surface area contributed by atoms with E-state index in [1.54, 1.807) is 0 Å². The predicted molar refractivity (Wildman–Crippen MR) is 80.1 cm³/mol. The van der Waals surface area contributed by atoms with Gasteiger partial charge >= 0.3 is 5.97 Å². The molecule has 1 fully saturated rings. The summed E-state index contributed by atoms with van der Waals surface area (Å²) in [5.74, 6) is -0.0352. The van der Waals surface area contributed by atoms with Gasteiger partial charge in [-0.25, -0.2) is 0 Å². The van der Waals surface area contributed by atoms with Crippen molar-refractivity contribution in [1.82, 2.24) is 4.98 Å². The van der Waals surface area contributed by atoms with Gasteiger partial charge in [-0.05, 0) is 44.5 Å². The van der Waals surface area contributed by atoms with E-state index < -0.39 is 5.97 Å². The van der Waals surface area contributed by atoms with Gasteiger partial charge in [0.05, 0.1) is 17.6 Å². The van der Waals surface area contributed by atoms with Crippen LogP contribution in [0.5, 0.6) is 5.75 Å². The van der Waals surface area contributed by atoms with Crippen LogP contribution in [-0.4, -0.2) is 27.8 Å². The monoisotopic (exact) mass is 299 g/mol. The quantitative estimate of drug-likeness (QED) is 0.863. The minimum atomic E-state index is -0.875. The molecular formula is C17H17NO4. The molecule has 1 N–H and O–H groups in total. The van der Waals surface area contributed by atoms with E-state index in [1.165, 1.54) is 0 Å². The molecule has 114 valence electrons. The molecule has 4 rings (SSSR count). The van der Waals surface area contributed by atoms with Crippen LogP contribution in [0.4, 0.5) is 0 Å². The fourth-order valence-electron chi connectivity index (χ4n) is 3.28. The van der Waals surface area contributed by atoms with Gasteiger partial charge in [-0.15, -0.1) is 0 Å². The second kappa shape index (κ2) is 4.20. The summed E-state index contributed by atoms with van der Waals surface area (Å²) in [6.45, 7) is 6.03. The molecule has 0 unspecified atom stereocenters. The second-order valence-electron chi connectivity index (χ2n) is 6.59. The molecule has 3 heterocycles. The first-order chi connectivity index (χ1) is 10.3. The number of pyridine rings is 1. The van der Waals surface area contributed by atoms with Crippen LogP contribution in [0.25, 0.3) is 10.9 Å². The summed E-state index contributed by atoms with van der Waals surface area (Å²) >= 11 is 0. The molecular weight excluding hydrogens is 282 g/mol. The van der Waals surface area contributed by atoms with Crippen molar-refractivity contribution >= 4 is 16.9 Å². The molecule has 2 aliphatic heterocycles.